The number of hydrogen-bond acceptors (Lipinski definition) is 5. The van der Waals surface area contributed by atoms with Crippen LogP contribution in [0.3, 0.4) is 0 Å². The molecule has 222 valence electrons. The molecule has 1 atom stereocenters. The summed E-state index contributed by atoms with van der Waals surface area (Å²) in [6.07, 6.45) is -1.75. The third-order valence-corrected chi connectivity index (χ3v) is 9.18. The Kier molecular flexibility index (Phi) is 10.4. The molecular weight excluding hydrogens is 580 g/mol. The van der Waals surface area contributed by atoms with Crippen LogP contribution in [0.4, 0.5) is 17.6 Å². The van der Waals surface area contributed by atoms with Gasteiger partial charge < -0.3 is 14.7 Å². The molecule has 4 rings (SSSR count). The Morgan fingerprint density at radius 1 is 1.22 bits per heavy atom. The molecule has 0 aliphatic carbocycles. The van der Waals surface area contributed by atoms with E-state index in [1.165, 1.54) is 37.2 Å². The lowest BCUT2D eigenvalue weighted by Gasteiger charge is -2.41. The molecule has 2 heterocycles. The van der Waals surface area contributed by atoms with Gasteiger partial charge in [-0.05, 0) is 99.3 Å². The molecule has 0 unspecified atom stereocenters. The number of methoxy groups -OCH3 is 1. The molecule has 1 N–H and O–H groups in total. The molecule has 5 nitrogen and oxygen atoms in total. The van der Waals surface area contributed by atoms with Crippen molar-refractivity contribution >= 4 is 40.2 Å². The Bertz CT molecular complexity index is 1350. The monoisotopic (exact) mass is 612 g/mol. The van der Waals surface area contributed by atoms with Crippen molar-refractivity contribution in [3.05, 3.63) is 64.8 Å². The van der Waals surface area contributed by atoms with Gasteiger partial charge in [0, 0.05) is 22.0 Å². The van der Waals surface area contributed by atoms with Gasteiger partial charge in [-0.1, -0.05) is 17.7 Å². The number of halogens is 5. The molecule has 0 radical (unpaired) electrons. The number of carboxylic acid groups (broad SMARTS) is 1. The van der Waals surface area contributed by atoms with Crippen LogP contribution in [0.2, 0.25) is 5.02 Å². The lowest BCUT2D eigenvalue weighted by Crippen LogP contribution is -2.41. The zero-order valence-electron chi connectivity index (χ0n) is 22.7. The molecule has 0 saturated carbocycles. The summed E-state index contributed by atoms with van der Waals surface area (Å²) in [7, 11) is 1.53. The fraction of sp³-hybridized carbons (Fsp3) is 0.467. The summed E-state index contributed by atoms with van der Waals surface area (Å²) in [5.41, 5.74) is -0.223. The number of piperidine rings is 1. The van der Waals surface area contributed by atoms with E-state index >= 15 is 4.39 Å². The fourth-order valence-electron chi connectivity index (χ4n) is 5.52. The van der Waals surface area contributed by atoms with E-state index < -0.39 is 29.3 Å². The first-order valence-corrected chi connectivity index (χ1v) is 14.9. The Hall–Kier alpha value is -2.56. The van der Waals surface area contributed by atoms with Crippen LogP contribution < -0.4 is 4.74 Å². The number of rotatable bonds is 12. The van der Waals surface area contributed by atoms with E-state index in [1.54, 1.807) is 24.3 Å². The summed E-state index contributed by atoms with van der Waals surface area (Å²) < 4.78 is 59.9. The summed E-state index contributed by atoms with van der Waals surface area (Å²) in [5.74, 6) is 0.342. The van der Waals surface area contributed by atoms with Gasteiger partial charge in [-0.25, -0.2) is 4.39 Å². The van der Waals surface area contributed by atoms with Gasteiger partial charge in [0.05, 0.1) is 29.6 Å². The van der Waals surface area contributed by atoms with Crippen LogP contribution >= 0.6 is 23.4 Å². The molecule has 0 spiro atoms. The highest BCUT2D eigenvalue weighted by Gasteiger charge is 2.37. The van der Waals surface area contributed by atoms with Crippen molar-refractivity contribution in [3.8, 4) is 5.75 Å². The van der Waals surface area contributed by atoms with E-state index in [1.807, 2.05) is 0 Å². The van der Waals surface area contributed by atoms with Gasteiger partial charge in [0.25, 0.3) is 0 Å². The largest absolute Gasteiger partial charge is 0.497 e. The molecule has 2 aromatic carbocycles. The number of nitrogens with zero attached hydrogens (tertiary/aromatic N) is 2. The Balaban J connectivity index is 1.32. The highest BCUT2D eigenvalue weighted by molar-refractivity contribution is 7.99. The number of ether oxygens (including phenoxy) is 1. The summed E-state index contributed by atoms with van der Waals surface area (Å²) >= 11 is 7.78. The maximum absolute atomic E-state index is 15.8. The van der Waals surface area contributed by atoms with Gasteiger partial charge in [0.15, 0.2) is 0 Å². The molecule has 1 saturated heterocycles. The Labute approximate surface area is 246 Å². The summed E-state index contributed by atoms with van der Waals surface area (Å²) in [5, 5.41) is 10.5. The molecular formula is C30H33ClF4N2O3S. The maximum Gasteiger partial charge on any atom is 0.416 e. The summed E-state index contributed by atoms with van der Waals surface area (Å²) in [6, 6.07) is 10.5. The molecule has 41 heavy (non-hydrogen) atoms. The second-order valence-electron chi connectivity index (χ2n) is 10.5. The molecule has 1 aliphatic heterocycles. The maximum atomic E-state index is 15.8. The number of benzene rings is 2. The van der Waals surface area contributed by atoms with E-state index in [0.29, 0.717) is 65.2 Å². The Morgan fingerprint density at radius 3 is 2.66 bits per heavy atom. The summed E-state index contributed by atoms with van der Waals surface area (Å²) in [6.45, 7) is 2.14. The van der Waals surface area contributed by atoms with Crippen molar-refractivity contribution < 1.29 is 32.2 Å². The van der Waals surface area contributed by atoms with Crippen LogP contribution in [-0.4, -0.2) is 53.5 Å². The molecule has 1 aromatic heterocycles. The van der Waals surface area contributed by atoms with E-state index in [-0.39, 0.29) is 17.9 Å². The minimum Gasteiger partial charge on any atom is -0.497 e. The number of carboxylic acids is 1. The smallest absolute Gasteiger partial charge is 0.416 e. The minimum atomic E-state index is -4.36. The lowest BCUT2D eigenvalue weighted by atomic mass is 9.71. The van der Waals surface area contributed by atoms with Crippen LogP contribution in [0, 0.1) is 5.41 Å². The highest BCUT2D eigenvalue weighted by Crippen LogP contribution is 2.44. The number of likely N-dealkylation sites (tertiary alicyclic amines) is 1. The average Bonchev–Trinajstić information content (AvgIpc) is 2.94. The Morgan fingerprint density at radius 2 is 1.98 bits per heavy atom. The van der Waals surface area contributed by atoms with Crippen LogP contribution in [0.15, 0.2) is 53.6 Å². The fourth-order valence-corrected chi connectivity index (χ4v) is 6.68. The predicted molar refractivity (Wildman–Crippen MR) is 154 cm³/mol. The first kappa shape index (κ1) is 31.4. The number of aliphatic carboxylic acids is 1. The van der Waals surface area contributed by atoms with Crippen LogP contribution in [0.25, 0.3) is 10.9 Å². The predicted octanol–water partition coefficient (Wildman–Crippen LogP) is 8.45. The third-order valence-electron chi connectivity index (χ3n) is 7.80. The number of thioether (sulfide) groups is 1. The quantitative estimate of drug-likeness (QED) is 0.126. The molecule has 0 bridgehead atoms. The van der Waals surface area contributed by atoms with Gasteiger partial charge in [-0.3, -0.25) is 9.78 Å². The van der Waals surface area contributed by atoms with Gasteiger partial charge >= 0.3 is 12.1 Å². The number of carbonyl (C=O) groups is 1. The highest BCUT2D eigenvalue weighted by atomic mass is 35.5. The van der Waals surface area contributed by atoms with Crippen LogP contribution in [0.5, 0.6) is 5.75 Å². The zero-order chi connectivity index (χ0) is 29.6. The minimum absolute atomic E-state index is 0.0302. The van der Waals surface area contributed by atoms with Crippen molar-refractivity contribution in [1.82, 2.24) is 9.88 Å². The van der Waals surface area contributed by atoms with Crippen molar-refractivity contribution in [2.24, 2.45) is 5.41 Å². The van der Waals surface area contributed by atoms with Gasteiger partial charge in [-0.2, -0.15) is 13.2 Å². The number of aromatic nitrogens is 1. The number of pyridine rings is 1. The van der Waals surface area contributed by atoms with Crippen molar-refractivity contribution in [3.63, 3.8) is 0 Å². The van der Waals surface area contributed by atoms with Crippen molar-refractivity contribution in [2.75, 3.05) is 32.5 Å². The van der Waals surface area contributed by atoms with Gasteiger partial charge in [-0.15, -0.1) is 11.8 Å². The summed E-state index contributed by atoms with van der Waals surface area (Å²) in [4.78, 5) is 18.9. The number of hydrogen-bond donors (Lipinski definition) is 1. The molecule has 1 fully saturated rings. The number of fused-ring (bicyclic) bond motifs is 1. The van der Waals surface area contributed by atoms with Crippen molar-refractivity contribution in [1.29, 1.82) is 0 Å². The molecule has 11 heteroatoms. The lowest BCUT2D eigenvalue weighted by molar-refractivity contribution is -0.141. The molecule has 3 aromatic rings. The second kappa shape index (κ2) is 13.6. The van der Waals surface area contributed by atoms with Crippen LogP contribution in [0.1, 0.15) is 55.8 Å². The van der Waals surface area contributed by atoms with E-state index in [2.05, 4.69) is 9.88 Å². The van der Waals surface area contributed by atoms with Gasteiger partial charge in [0.1, 0.15) is 11.9 Å². The van der Waals surface area contributed by atoms with E-state index in [0.717, 1.165) is 19.0 Å². The molecule has 0 amide bonds. The molecule has 1 aliphatic rings. The topological polar surface area (TPSA) is 62.7 Å². The first-order valence-electron chi connectivity index (χ1n) is 13.5. The van der Waals surface area contributed by atoms with E-state index in [9.17, 15) is 23.1 Å². The van der Waals surface area contributed by atoms with Gasteiger partial charge in [0.2, 0.25) is 0 Å². The average molecular weight is 613 g/mol. The SMILES string of the molecule is COc1ccc2ncc(Cl)c([C@@H](F)CCC3(CC(=O)O)CCN(CCCSc4cccc(C(F)(F)F)c4)CC3)c2c1. The third kappa shape index (κ3) is 8.26. The zero-order valence-corrected chi connectivity index (χ0v) is 24.3. The first-order chi connectivity index (χ1) is 19.5. The van der Waals surface area contributed by atoms with E-state index in [4.69, 9.17) is 16.3 Å². The normalized spacial score (nSPS) is 16.5. The number of alkyl halides is 4. The van der Waals surface area contributed by atoms with Crippen molar-refractivity contribution in [2.45, 2.75) is 55.8 Å². The van der Waals surface area contributed by atoms with Crippen LogP contribution in [-0.2, 0) is 11.0 Å². The standard InChI is InChI=1S/C30H33ClF4N2O3S/c1-40-21-6-7-26-23(17-21)28(24(31)19-36-26)25(32)8-9-29(18-27(38)39)10-13-37(14-11-29)12-3-15-41-22-5-2-4-20(16-22)30(33,34)35/h2,4-7,16-17,19,25H,3,8-15,18H2,1H3,(H,38,39)/t25-/m0/s1. The second-order valence-corrected chi connectivity index (χ2v) is 12.1.